The van der Waals surface area contributed by atoms with Crippen LogP contribution < -0.4 is 5.43 Å². The van der Waals surface area contributed by atoms with E-state index in [1.54, 1.807) is 5.01 Å². The topological polar surface area (TPSA) is 46.1 Å². The predicted molar refractivity (Wildman–Crippen MR) is 63.8 cm³/mol. The van der Waals surface area contributed by atoms with Crippen LogP contribution in [0.3, 0.4) is 0 Å². The van der Waals surface area contributed by atoms with Gasteiger partial charge in [0, 0.05) is 19.9 Å². The minimum absolute atomic E-state index is 0.204. The highest BCUT2D eigenvalue weighted by Gasteiger charge is 2.34. The van der Waals surface area contributed by atoms with Gasteiger partial charge in [-0.25, -0.2) is 0 Å². The molecule has 15 heavy (non-hydrogen) atoms. The number of halogens is 2. The Kier molecular flexibility index (Phi) is 3.54. The van der Waals surface area contributed by atoms with Crippen molar-refractivity contribution in [3.63, 3.8) is 0 Å². The second-order valence-corrected chi connectivity index (χ2v) is 6.90. The fraction of sp³-hybridized carbons (Fsp3) is 0.875. The van der Waals surface area contributed by atoms with E-state index in [4.69, 9.17) is 9.47 Å². The number of hydrogen-bond acceptors (Lipinski definition) is 5. The van der Waals surface area contributed by atoms with E-state index in [2.05, 4.69) is 42.3 Å². The Hall–Kier alpha value is 0.150. The van der Waals surface area contributed by atoms with Gasteiger partial charge in [0.25, 0.3) is 0 Å². The molecule has 2 aliphatic rings. The summed E-state index contributed by atoms with van der Waals surface area (Å²) in [6.45, 7) is 1.53. The second-order valence-electron chi connectivity index (χ2n) is 3.54. The maximum Gasteiger partial charge on any atom is 0.305 e. The zero-order valence-electron chi connectivity index (χ0n) is 8.37. The Morgan fingerprint density at radius 3 is 2.73 bits per heavy atom. The standard InChI is InChI=1S/C8H13Br2N3O2/c1-13-7(11-8(9,10)12-13)15-6-2-4-14-5-3-6/h6,12H,2-5H2,1H3. The van der Waals surface area contributed by atoms with Gasteiger partial charge in [-0.3, -0.25) is 5.01 Å². The Bertz CT molecular complexity index is 267. The first-order chi connectivity index (χ1) is 7.07. The molecule has 0 aromatic heterocycles. The summed E-state index contributed by atoms with van der Waals surface area (Å²) in [4.78, 5) is 4.30. The van der Waals surface area contributed by atoms with E-state index in [1.165, 1.54) is 0 Å². The van der Waals surface area contributed by atoms with Gasteiger partial charge >= 0.3 is 6.02 Å². The van der Waals surface area contributed by atoms with Gasteiger partial charge in [-0.1, -0.05) is 0 Å². The minimum Gasteiger partial charge on any atom is -0.461 e. The van der Waals surface area contributed by atoms with Crippen LogP contribution >= 0.6 is 31.9 Å². The average Bonchev–Trinajstić information content (AvgIpc) is 2.41. The highest BCUT2D eigenvalue weighted by Crippen LogP contribution is 2.29. The van der Waals surface area contributed by atoms with Crippen LogP contribution in [0.4, 0.5) is 0 Å². The average molecular weight is 343 g/mol. The molecule has 2 aliphatic heterocycles. The van der Waals surface area contributed by atoms with Crippen LogP contribution in [0, 0.1) is 0 Å². The van der Waals surface area contributed by atoms with Gasteiger partial charge in [0.15, 0.2) is 0 Å². The van der Waals surface area contributed by atoms with Crippen molar-refractivity contribution in [3.05, 3.63) is 0 Å². The molecule has 1 N–H and O–H groups in total. The molecule has 0 bridgehead atoms. The predicted octanol–water partition coefficient (Wildman–Crippen LogP) is 1.39. The number of nitrogens with zero attached hydrogens (tertiary/aromatic N) is 2. The molecule has 2 rings (SSSR count). The summed E-state index contributed by atoms with van der Waals surface area (Å²) in [6.07, 6.45) is 2.05. The lowest BCUT2D eigenvalue weighted by atomic mass is 10.2. The van der Waals surface area contributed by atoms with Gasteiger partial charge in [0.2, 0.25) is 3.48 Å². The Morgan fingerprint density at radius 1 is 1.53 bits per heavy atom. The van der Waals surface area contributed by atoms with Crippen molar-refractivity contribution in [1.29, 1.82) is 0 Å². The molecule has 0 amide bonds. The van der Waals surface area contributed by atoms with Crippen molar-refractivity contribution in [3.8, 4) is 0 Å². The summed E-state index contributed by atoms with van der Waals surface area (Å²) in [7, 11) is 1.86. The normalized spacial score (nSPS) is 26.6. The molecule has 0 aromatic carbocycles. The molecule has 86 valence electrons. The molecule has 0 aliphatic carbocycles. The zero-order chi connectivity index (χ0) is 10.9. The van der Waals surface area contributed by atoms with Crippen LogP contribution in [0.15, 0.2) is 4.99 Å². The van der Waals surface area contributed by atoms with Crippen molar-refractivity contribution in [1.82, 2.24) is 10.4 Å². The lowest BCUT2D eigenvalue weighted by Crippen LogP contribution is -2.41. The first-order valence-electron chi connectivity index (χ1n) is 4.80. The van der Waals surface area contributed by atoms with Crippen molar-refractivity contribution in [2.24, 2.45) is 4.99 Å². The molecule has 1 saturated heterocycles. The zero-order valence-corrected chi connectivity index (χ0v) is 11.5. The van der Waals surface area contributed by atoms with Gasteiger partial charge in [0.1, 0.15) is 6.10 Å². The molecular weight excluding hydrogens is 330 g/mol. The number of alkyl halides is 2. The van der Waals surface area contributed by atoms with Gasteiger partial charge < -0.3 is 9.47 Å². The molecule has 0 saturated carbocycles. The second kappa shape index (κ2) is 4.57. The lowest BCUT2D eigenvalue weighted by molar-refractivity contribution is 0.0131. The molecule has 2 heterocycles. The Labute approximate surface area is 105 Å². The monoisotopic (exact) mass is 341 g/mol. The maximum atomic E-state index is 5.77. The largest absolute Gasteiger partial charge is 0.461 e. The van der Waals surface area contributed by atoms with Gasteiger partial charge in [-0.2, -0.15) is 10.4 Å². The summed E-state index contributed by atoms with van der Waals surface area (Å²) >= 11 is 6.72. The molecule has 7 heteroatoms. The van der Waals surface area contributed by atoms with Crippen LogP contribution in [0.5, 0.6) is 0 Å². The number of nitrogens with one attached hydrogen (secondary N) is 1. The van der Waals surface area contributed by atoms with Crippen molar-refractivity contribution in [2.45, 2.75) is 22.4 Å². The van der Waals surface area contributed by atoms with E-state index in [9.17, 15) is 0 Å². The highest BCUT2D eigenvalue weighted by atomic mass is 79.9. The summed E-state index contributed by atoms with van der Waals surface area (Å²) in [5, 5.41) is 1.75. The van der Waals surface area contributed by atoms with Crippen LogP contribution in [-0.2, 0) is 9.47 Å². The smallest absolute Gasteiger partial charge is 0.305 e. The molecule has 0 aromatic rings. The van der Waals surface area contributed by atoms with Crippen LogP contribution in [-0.4, -0.2) is 40.9 Å². The third kappa shape index (κ3) is 3.05. The lowest BCUT2D eigenvalue weighted by Gasteiger charge is -2.25. The number of ether oxygens (including phenoxy) is 2. The van der Waals surface area contributed by atoms with Crippen LogP contribution in [0.2, 0.25) is 0 Å². The summed E-state index contributed by atoms with van der Waals surface area (Å²) in [6, 6.07) is 0.593. The van der Waals surface area contributed by atoms with Crippen molar-refractivity contribution < 1.29 is 9.47 Å². The fourth-order valence-corrected chi connectivity index (χ4v) is 2.35. The molecular formula is C8H13Br2N3O2. The van der Waals surface area contributed by atoms with E-state index in [0.29, 0.717) is 6.02 Å². The quantitative estimate of drug-likeness (QED) is 0.578. The molecule has 0 unspecified atom stereocenters. The maximum absolute atomic E-state index is 5.77. The Morgan fingerprint density at radius 2 is 2.20 bits per heavy atom. The number of hydrazine groups is 1. The van der Waals surface area contributed by atoms with Crippen LogP contribution in [0.25, 0.3) is 0 Å². The Balaban J connectivity index is 1.93. The first-order valence-corrected chi connectivity index (χ1v) is 6.39. The number of rotatable bonds is 1. The minimum atomic E-state index is -0.630. The van der Waals surface area contributed by atoms with Gasteiger partial charge in [-0.05, 0) is 31.9 Å². The van der Waals surface area contributed by atoms with E-state index in [0.717, 1.165) is 26.1 Å². The van der Waals surface area contributed by atoms with E-state index in [-0.39, 0.29) is 6.10 Å². The molecule has 0 spiro atoms. The third-order valence-corrected chi connectivity index (χ3v) is 2.97. The van der Waals surface area contributed by atoms with Crippen LogP contribution in [0.1, 0.15) is 12.8 Å². The molecule has 0 radical (unpaired) electrons. The molecule has 5 nitrogen and oxygen atoms in total. The summed E-state index contributed by atoms with van der Waals surface area (Å²) < 4.78 is 10.4. The molecule has 0 atom stereocenters. The van der Waals surface area contributed by atoms with Gasteiger partial charge in [0.05, 0.1) is 13.2 Å². The number of aliphatic imine (C=N–C) groups is 1. The fourth-order valence-electron chi connectivity index (χ4n) is 1.52. The highest BCUT2D eigenvalue weighted by molar-refractivity contribution is 9.25. The van der Waals surface area contributed by atoms with E-state index >= 15 is 0 Å². The van der Waals surface area contributed by atoms with Crippen molar-refractivity contribution >= 4 is 37.9 Å². The summed E-state index contributed by atoms with van der Waals surface area (Å²) in [5.74, 6) is 0. The summed E-state index contributed by atoms with van der Waals surface area (Å²) in [5.41, 5.74) is 3.04. The number of amidine groups is 1. The number of hydrogen-bond donors (Lipinski definition) is 1. The third-order valence-electron chi connectivity index (χ3n) is 2.27. The van der Waals surface area contributed by atoms with E-state index in [1.807, 2.05) is 7.05 Å². The van der Waals surface area contributed by atoms with Crippen molar-refractivity contribution in [2.75, 3.05) is 20.3 Å². The molecule has 1 fully saturated rings. The van der Waals surface area contributed by atoms with Gasteiger partial charge in [-0.15, -0.1) is 0 Å². The van der Waals surface area contributed by atoms with E-state index < -0.39 is 3.48 Å². The SMILES string of the molecule is CN1NC(Br)(Br)N=C1OC1CCOCC1. The first kappa shape index (κ1) is 11.6.